The molecule has 12 heteroatoms. The highest BCUT2D eigenvalue weighted by atomic mass is 35.5. The van der Waals surface area contributed by atoms with Crippen LogP contribution in [0.15, 0.2) is 56.7 Å². The van der Waals surface area contributed by atoms with Gasteiger partial charge in [-0.15, -0.1) is 11.3 Å². The van der Waals surface area contributed by atoms with Crippen LogP contribution >= 0.6 is 46.3 Å². The Labute approximate surface area is 190 Å². The van der Waals surface area contributed by atoms with E-state index in [2.05, 4.69) is 4.98 Å². The van der Waals surface area contributed by atoms with E-state index in [9.17, 15) is 23.3 Å². The Morgan fingerprint density at radius 1 is 1.23 bits per heavy atom. The fraction of sp³-hybridized carbons (Fsp3) is 0.111. The molecule has 2 aromatic heterocycles. The molecular weight excluding hydrogens is 491 g/mol. The Balaban J connectivity index is 1.91. The summed E-state index contributed by atoms with van der Waals surface area (Å²) in [7, 11) is -3.41. The van der Waals surface area contributed by atoms with Crippen molar-refractivity contribution in [2.45, 2.75) is 20.4 Å². The second-order valence-corrected chi connectivity index (χ2v) is 11.3. The summed E-state index contributed by atoms with van der Waals surface area (Å²) in [6.45, 7) is 0. The molecule has 0 unspecified atom stereocenters. The van der Waals surface area contributed by atoms with Gasteiger partial charge in [0.2, 0.25) is 0 Å². The lowest BCUT2D eigenvalue weighted by Crippen LogP contribution is -2.03. The molecule has 0 amide bonds. The smallest absolute Gasteiger partial charge is 0.293 e. The number of benzene rings is 1. The van der Waals surface area contributed by atoms with Gasteiger partial charge >= 0.3 is 0 Å². The number of nitrogens with zero attached hydrogens (tertiary/aromatic N) is 2. The molecule has 0 radical (unpaired) electrons. The first-order valence-corrected chi connectivity index (χ1v) is 12.4. The molecular formula is C18H12Cl2N2O5S3. The summed E-state index contributed by atoms with van der Waals surface area (Å²) in [5.41, 5.74) is 0.260. The summed E-state index contributed by atoms with van der Waals surface area (Å²) in [6.07, 6.45) is 3.73. The maximum atomic E-state index is 12.7. The van der Waals surface area contributed by atoms with Gasteiger partial charge in [0, 0.05) is 31.1 Å². The van der Waals surface area contributed by atoms with E-state index >= 15 is 0 Å². The average Bonchev–Trinajstić information content (AvgIpc) is 3.09. The molecule has 0 saturated carbocycles. The fourth-order valence-corrected chi connectivity index (χ4v) is 5.94. The van der Waals surface area contributed by atoms with Gasteiger partial charge in [0.25, 0.3) is 5.69 Å². The number of carbonyl (C=O) groups excluding carboxylic acids is 1. The van der Waals surface area contributed by atoms with Crippen LogP contribution in [0, 0.1) is 10.1 Å². The molecule has 0 aliphatic rings. The third-order valence-corrected chi connectivity index (χ3v) is 8.25. The lowest BCUT2D eigenvalue weighted by Gasteiger charge is -2.04. The molecule has 1 aromatic carbocycles. The third-order valence-electron chi connectivity index (χ3n) is 3.85. The topological polar surface area (TPSA) is 107 Å². The molecule has 2 heterocycles. The van der Waals surface area contributed by atoms with Crippen molar-refractivity contribution in [3.8, 4) is 0 Å². The number of rotatable bonds is 7. The summed E-state index contributed by atoms with van der Waals surface area (Å²) in [6, 6.07) is 7.24. The Morgan fingerprint density at radius 3 is 2.50 bits per heavy atom. The Morgan fingerprint density at radius 2 is 1.90 bits per heavy atom. The second-order valence-electron chi connectivity index (χ2n) is 6.09. The number of halogens is 2. The number of aromatic nitrogens is 1. The summed E-state index contributed by atoms with van der Waals surface area (Å²) in [5, 5.41) is 11.9. The highest BCUT2D eigenvalue weighted by Crippen LogP contribution is 2.45. The molecule has 0 bridgehead atoms. The first-order chi connectivity index (χ1) is 14.1. The zero-order valence-electron chi connectivity index (χ0n) is 15.2. The van der Waals surface area contributed by atoms with Crippen LogP contribution in [0.3, 0.4) is 0 Å². The molecule has 0 aliphatic heterocycles. The number of hydrogen-bond acceptors (Lipinski definition) is 8. The van der Waals surface area contributed by atoms with Gasteiger partial charge in [-0.3, -0.25) is 19.9 Å². The fourth-order valence-electron chi connectivity index (χ4n) is 2.45. The number of Topliss-reactive ketones (excluding diaryl/α,β-unsaturated/α-hetero) is 1. The van der Waals surface area contributed by atoms with Gasteiger partial charge in [0.1, 0.15) is 4.21 Å². The highest BCUT2D eigenvalue weighted by Gasteiger charge is 2.25. The van der Waals surface area contributed by atoms with Gasteiger partial charge < -0.3 is 0 Å². The third kappa shape index (κ3) is 5.19. The van der Waals surface area contributed by atoms with Gasteiger partial charge in [-0.25, -0.2) is 8.42 Å². The predicted molar refractivity (Wildman–Crippen MR) is 117 cm³/mol. The number of thiophene rings is 1. The van der Waals surface area contributed by atoms with Crippen LogP contribution in [0.4, 0.5) is 5.69 Å². The van der Waals surface area contributed by atoms with Crippen LogP contribution in [0.1, 0.15) is 15.2 Å². The maximum Gasteiger partial charge on any atom is 0.294 e. The first kappa shape index (κ1) is 22.7. The normalized spacial score (nSPS) is 11.4. The Bertz CT molecular complexity index is 1240. The molecule has 0 atom stereocenters. The Hall–Kier alpha value is -1.98. The van der Waals surface area contributed by atoms with E-state index in [1.54, 1.807) is 12.1 Å². The van der Waals surface area contributed by atoms with Crippen LogP contribution in [0.2, 0.25) is 10.0 Å². The van der Waals surface area contributed by atoms with E-state index in [0.29, 0.717) is 10.5 Å². The Kier molecular flexibility index (Phi) is 6.83. The van der Waals surface area contributed by atoms with Crippen LogP contribution in [0.5, 0.6) is 0 Å². The lowest BCUT2D eigenvalue weighted by atomic mass is 10.1. The van der Waals surface area contributed by atoms with Gasteiger partial charge in [-0.05, 0) is 17.7 Å². The number of sulfone groups is 1. The zero-order valence-corrected chi connectivity index (χ0v) is 19.1. The van der Waals surface area contributed by atoms with Crippen LogP contribution in [-0.4, -0.2) is 30.4 Å². The first-order valence-electron chi connectivity index (χ1n) is 8.13. The number of ketones is 1. The quantitative estimate of drug-likeness (QED) is 0.243. The second kappa shape index (κ2) is 9.03. The molecule has 0 N–H and O–H groups in total. The van der Waals surface area contributed by atoms with Crippen molar-refractivity contribution < 1.29 is 18.1 Å². The standard InChI is InChI=1S/C18H12Cl2N2O5S3/c1-30(26,27)11-4-2-3-10(5-11)6-15(23)16-7-14(22(24)25)18(28-16)29-17-12(19)8-21-9-13(17)20/h2-5,7-9H,6H2,1H3. The van der Waals surface area contributed by atoms with Crippen LogP contribution in [0.25, 0.3) is 0 Å². The van der Waals surface area contributed by atoms with E-state index in [-0.39, 0.29) is 41.9 Å². The highest BCUT2D eigenvalue weighted by molar-refractivity contribution is 8.01. The minimum atomic E-state index is -3.41. The van der Waals surface area contributed by atoms with Crippen LogP contribution < -0.4 is 0 Å². The number of carbonyl (C=O) groups is 1. The number of nitro groups is 1. The molecule has 30 heavy (non-hydrogen) atoms. The van der Waals surface area contributed by atoms with Crippen LogP contribution in [-0.2, 0) is 16.3 Å². The molecule has 3 aromatic rings. The van der Waals surface area contributed by atoms with Crippen molar-refractivity contribution in [3.63, 3.8) is 0 Å². The molecule has 7 nitrogen and oxygen atoms in total. The van der Waals surface area contributed by atoms with Gasteiger partial charge in [0.15, 0.2) is 15.6 Å². The molecule has 0 saturated heterocycles. The SMILES string of the molecule is CS(=O)(=O)c1cccc(CC(=O)c2cc([N+](=O)[O-])c(Sc3c(Cl)cncc3Cl)s2)c1. The van der Waals surface area contributed by atoms with Crippen molar-refractivity contribution in [1.82, 2.24) is 4.98 Å². The zero-order chi connectivity index (χ0) is 22.1. The summed E-state index contributed by atoms with van der Waals surface area (Å²) >= 11 is 14.1. The number of pyridine rings is 1. The van der Waals surface area contributed by atoms with E-state index in [1.807, 2.05) is 0 Å². The minimum absolute atomic E-state index is 0.0953. The summed E-state index contributed by atoms with van der Waals surface area (Å²) in [4.78, 5) is 28.1. The van der Waals surface area contributed by atoms with Crippen molar-refractivity contribution in [3.05, 3.63) is 73.3 Å². The summed E-state index contributed by atoms with van der Waals surface area (Å²) in [5.74, 6) is -0.368. The van der Waals surface area contributed by atoms with Crippen molar-refractivity contribution in [1.29, 1.82) is 0 Å². The largest absolute Gasteiger partial charge is 0.294 e. The monoisotopic (exact) mass is 502 g/mol. The van der Waals surface area contributed by atoms with E-state index in [4.69, 9.17) is 23.2 Å². The minimum Gasteiger partial charge on any atom is -0.293 e. The molecule has 0 spiro atoms. The van der Waals surface area contributed by atoms with Gasteiger partial charge in [-0.1, -0.05) is 47.1 Å². The summed E-state index contributed by atoms with van der Waals surface area (Å²) < 4.78 is 23.7. The van der Waals surface area contributed by atoms with Crippen molar-refractivity contribution in [2.75, 3.05) is 6.26 Å². The van der Waals surface area contributed by atoms with E-state index in [0.717, 1.165) is 29.4 Å². The van der Waals surface area contributed by atoms with Crippen molar-refractivity contribution in [2.24, 2.45) is 0 Å². The van der Waals surface area contributed by atoms with E-state index in [1.165, 1.54) is 30.6 Å². The van der Waals surface area contributed by atoms with E-state index < -0.39 is 14.8 Å². The lowest BCUT2D eigenvalue weighted by molar-refractivity contribution is -0.387. The predicted octanol–water partition coefficient (Wildman–Crippen LogP) is 5.34. The maximum absolute atomic E-state index is 12.7. The van der Waals surface area contributed by atoms with Gasteiger partial charge in [0.05, 0.1) is 29.6 Å². The molecule has 3 rings (SSSR count). The molecule has 0 fully saturated rings. The molecule has 0 aliphatic carbocycles. The van der Waals surface area contributed by atoms with Gasteiger partial charge in [-0.2, -0.15) is 0 Å². The van der Waals surface area contributed by atoms with Crippen molar-refractivity contribution >= 4 is 67.6 Å². The average molecular weight is 503 g/mol. The number of hydrogen-bond donors (Lipinski definition) is 0. The molecule has 156 valence electrons.